The maximum Gasteiger partial charge on any atom is 0.358 e. The highest BCUT2D eigenvalue weighted by Gasteiger charge is 2.09. The van der Waals surface area contributed by atoms with Crippen LogP contribution in [0.5, 0.6) is 0 Å². The zero-order valence-corrected chi connectivity index (χ0v) is 10.7. The first-order valence-electron chi connectivity index (χ1n) is 5.31. The van der Waals surface area contributed by atoms with Crippen molar-refractivity contribution < 1.29 is 9.53 Å². The van der Waals surface area contributed by atoms with Crippen molar-refractivity contribution in [3.05, 3.63) is 18.1 Å². The van der Waals surface area contributed by atoms with E-state index in [1.165, 1.54) is 13.3 Å². The van der Waals surface area contributed by atoms with E-state index in [1.807, 2.05) is 26.0 Å². The molecular formula is C11H18N4O2. The maximum atomic E-state index is 11.2. The second-order valence-electron chi connectivity index (χ2n) is 3.98. The summed E-state index contributed by atoms with van der Waals surface area (Å²) in [6.07, 6.45) is 3.00. The number of likely N-dealkylation sites (N-methyl/N-ethyl adjacent to an activating group) is 2. The van der Waals surface area contributed by atoms with Crippen LogP contribution in [-0.4, -0.2) is 62.2 Å². The second-order valence-corrected chi connectivity index (χ2v) is 3.98. The van der Waals surface area contributed by atoms with Crippen molar-refractivity contribution in [3.8, 4) is 0 Å². The lowest BCUT2D eigenvalue weighted by atomic mass is 10.4. The van der Waals surface area contributed by atoms with Gasteiger partial charge in [0.15, 0.2) is 5.69 Å². The molecule has 6 nitrogen and oxygen atoms in total. The van der Waals surface area contributed by atoms with E-state index < -0.39 is 5.97 Å². The van der Waals surface area contributed by atoms with Crippen LogP contribution in [0.25, 0.3) is 0 Å². The average Bonchev–Trinajstić information content (AvgIpc) is 2.35. The van der Waals surface area contributed by atoms with E-state index in [4.69, 9.17) is 0 Å². The molecule has 1 rings (SSSR count). The van der Waals surface area contributed by atoms with E-state index >= 15 is 0 Å². The van der Waals surface area contributed by atoms with Crippen LogP contribution in [0.2, 0.25) is 0 Å². The van der Waals surface area contributed by atoms with E-state index in [1.54, 1.807) is 6.20 Å². The fraction of sp³-hybridized carbons (Fsp3) is 0.545. The minimum atomic E-state index is -0.472. The fourth-order valence-corrected chi connectivity index (χ4v) is 1.19. The van der Waals surface area contributed by atoms with Crippen molar-refractivity contribution in [3.63, 3.8) is 0 Å². The first-order chi connectivity index (χ1) is 8.04. The summed E-state index contributed by atoms with van der Waals surface area (Å²) < 4.78 is 4.55. The Morgan fingerprint density at radius 2 is 1.94 bits per heavy atom. The second kappa shape index (κ2) is 6.15. The van der Waals surface area contributed by atoms with E-state index in [0.29, 0.717) is 0 Å². The highest BCUT2D eigenvalue weighted by atomic mass is 16.5. The number of carbonyl (C=O) groups is 1. The molecule has 0 aromatic carbocycles. The van der Waals surface area contributed by atoms with Crippen molar-refractivity contribution >= 4 is 11.8 Å². The van der Waals surface area contributed by atoms with Gasteiger partial charge in [-0.25, -0.2) is 14.8 Å². The lowest BCUT2D eigenvalue weighted by Gasteiger charge is -2.20. The predicted octanol–water partition coefficient (Wildman–Crippen LogP) is 0.261. The van der Waals surface area contributed by atoms with Crippen molar-refractivity contribution in [2.24, 2.45) is 0 Å². The number of hydrogen-bond acceptors (Lipinski definition) is 6. The van der Waals surface area contributed by atoms with Gasteiger partial charge in [0.05, 0.1) is 19.5 Å². The van der Waals surface area contributed by atoms with Crippen LogP contribution in [0, 0.1) is 0 Å². The molecule has 1 aromatic rings. The number of hydrogen-bond donors (Lipinski definition) is 0. The average molecular weight is 238 g/mol. The lowest BCUT2D eigenvalue weighted by molar-refractivity contribution is 0.0593. The highest BCUT2D eigenvalue weighted by Crippen LogP contribution is 2.06. The molecule has 0 fully saturated rings. The number of nitrogens with zero attached hydrogens (tertiary/aromatic N) is 4. The van der Waals surface area contributed by atoms with Crippen LogP contribution in [-0.2, 0) is 4.74 Å². The summed E-state index contributed by atoms with van der Waals surface area (Å²) in [5.74, 6) is 0.263. The largest absolute Gasteiger partial charge is 0.464 e. The molecule has 0 unspecified atom stereocenters. The van der Waals surface area contributed by atoms with E-state index in [-0.39, 0.29) is 5.69 Å². The zero-order chi connectivity index (χ0) is 12.8. The van der Waals surface area contributed by atoms with Crippen LogP contribution in [0.4, 0.5) is 5.82 Å². The summed E-state index contributed by atoms with van der Waals surface area (Å²) in [7, 11) is 7.28. The van der Waals surface area contributed by atoms with Gasteiger partial charge >= 0.3 is 5.97 Å². The van der Waals surface area contributed by atoms with Gasteiger partial charge in [-0.3, -0.25) is 0 Å². The third-order valence-corrected chi connectivity index (χ3v) is 2.31. The van der Waals surface area contributed by atoms with Gasteiger partial charge in [-0.1, -0.05) is 0 Å². The summed E-state index contributed by atoms with van der Waals surface area (Å²) in [6.45, 7) is 1.77. The Kier molecular flexibility index (Phi) is 4.84. The molecular weight excluding hydrogens is 220 g/mol. The standard InChI is InChI=1S/C11H18N4O2/c1-14(2)5-6-15(3)10-8-12-9(7-13-10)11(16)17-4/h7-8H,5-6H2,1-4H3. The first kappa shape index (κ1) is 13.4. The van der Waals surface area contributed by atoms with Gasteiger partial charge in [-0.2, -0.15) is 0 Å². The minimum Gasteiger partial charge on any atom is -0.464 e. The van der Waals surface area contributed by atoms with E-state index in [9.17, 15) is 4.79 Å². The van der Waals surface area contributed by atoms with Crippen molar-refractivity contribution in [2.45, 2.75) is 0 Å². The van der Waals surface area contributed by atoms with Crippen LogP contribution in [0.1, 0.15) is 10.5 Å². The Labute approximate surface area is 101 Å². The SMILES string of the molecule is COC(=O)c1cnc(N(C)CCN(C)C)cn1. The topological polar surface area (TPSA) is 58.6 Å². The Balaban J connectivity index is 2.63. The maximum absolute atomic E-state index is 11.2. The molecule has 0 atom stereocenters. The molecule has 0 bridgehead atoms. The number of rotatable bonds is 5. The molecule has 0 saturated carbocycles. The number of ether oxygens (including phenoxy) is 1. The van der Waals surface area contributed by atoms with Crippen molar-refractivity contribution in [1.29, 1.82) is 0 Å². The molecule has 17 heavy (non-hydrogen) atoms. The quantitative estimate of drug-likeness (QED) is 0.686. The molecule has 0 saturated heterocycles. The third-order valence-electron chi connectivity index (χ3n) is 2.31. The molecule has 0 amide bonds. The number of carbonyl (C=O) groups excluding carboxylic acids is 1. The summed E-state index contributed by atoms with van der Waals surface area (Å²) in [6, 6.07) is 0. The Hall–Kier alpha value is -1.69. The number of anilines is 1. The smallest absolute Gasteiger partial charge is 0.358 e. The number of esters is 1. The molecule has 1 aromatic heterocycles. The Bertz CT molecular complexity index is 364. The van der Waals surface area contributed by atoms with Gasteiger partial charge in [0.2, 0.25) is 0 Å². The van der Waals surface area contributed by atoms with Gasteiger partial charge in [0, 0.05) is 20.1 Å². The van der Waals surface area contributed by atoms with Crippen LogP contribution in [0.15, 0.2) is 12.4 Å². The van der Waals surface area contributed by atoms with Gasteiger partial charge in [-0.05, 0) is 14.1 Å². The van der Waals surface area contributed by atoms with Crippen molar-refractivity contribution in [2.75, 3.05) is 46.2 Å². The normalized spacial score (nSPS) is 10.4. The first-order valence-corrected chi connectivity index (χ1v) is 5.31. The van der Waals surface area contributed by atoms with Crippen molar-refractivity contribution in [1.82, 2.24) is 14.9 Å². The third kappa shape index (κ3) is 3.99. The molecule has 1 heterocycles. The van der Waals surface area contributed by atoms with Crippen LogP contribution >= 0.6 is 0 Å². The molecule has 0 aliphatic carbocycles. The molecule has 0 aliphatic heterocycles. The zero-order valence-electron chi connectivity index (χ0n) is 10.7. The highest BCUT2D eigenvalue weighted by molar-refractivity contribution is 5.86. The molecule has 0 radical (unpaired) electrons. The summed E-state index contributed by atoms with van der Waals surface area (Å²) in [5, 5.41) is 0. The molecule has 94 valence electrons. The Morgan fingerprint density at radius 1 is 1.24 bits per heavy atom. The summed E-state index contributed by atoms with van der Waals surface area (Å²) >= 11 is 0. The van der Waals surface area contributed by atoms with E-state index in [2.05, 4.69) is 19.6 Å². The van der Waals surface area contributed by atoms with Gasteiger partial charge in [-0.15, -0.1) is 0 Å². The van der Waals surface area contributed by atoms with Crippen LogP contribution in [0.3, 0.4) is 0 Å². The van der Waals surface area contributed by atoms with E-state index in [0.717, 1.165) is 18.9 Å². The number of methoxy groups -OCH3 is 1. The predicted molar refractivity (Wildman–Crippen MR) is 65.2 cm³/mol. The van der Waals surface area contributed by atoms with Gasteiger partial charge in [0.25, 0.3) is 0 Å². The number of aromatic nitrogens is 2. The monoisotopic (exact) mass is 238 g/mol. The fourth-order valence-electron chi connectivity index (χ4n) is 1.19. The lowest BCUT2D eigenvalue weighted by Crippen LogP contribution is -2.29. The molecule has 0 N–H and O–H groups in total. The summed E-state index contributed by atoms with van der Waals surface area (Å²) in [4.78, 5) is 23.4. The molecule has 0 spiro atoms. The van der Waals surface area contributed by atoms with Gasteiger partial charge in [0.1, 0.15) is 5.82 Å². The molecule has 6 heteroatoms. The van der Waals surface area contributed by atoms with Crippen LogP contribution < -0.4 is 4.90 Å². The Morgan fingerprint density at radius 3 is 2.41 bits per heavy atom. The van der Waals surface area contributed by atoms with Gasteiger partial charge < -0.3 is 14.5 Å². The minimum absolute atomic E-state index is 0.220. The summed E-state index contributed by atoms with van der Waals surface area (Å²) in [5.41, 5.74) is 0.220. The molecule has 0 aliphatic rings.